The maximum absolute atomic E-state index is 5.92. The van der Waals surface area contributed by atoms with Crippen LogP contribution in [-0.4, -0.2) is 33.4 Å². The predicted octanol–water partition coefficient (Wildman–Crippen LogP) is 3.75. The van der Waals surface area contributed by atoms with Gasteiger partial charge in [0.05, 0.1) is 25.3 Å². The van der Waals surface area contributed by atoms with E-state index in [1.54, 1.807) is 28.4 Å². The molecule has 1 heterocycles. The van der Waals surface area contributed by atoms with E-state index in [0.29, 0.717) is 17.2 Å². The zero-order chi connectivity index (χ0) is 17.9. The first-order valence-corrected chi connectivity index (χ1v) is 7.88. The van der Waals surface area contributed by atoms with Crippen molar-refractivity contribution in [1.29, 1.82) is 0 Å². The van der Waals surface area contributed by atoms with Crippen LogP contribution in [0.25, 0.3) is 10.9 Å². The number of ether oxygens (including phenoxy) is 4. The van der Waals surface area contributed by atoms with Crippen LogP contribution >= 0.6 is 0 Å². The topological polar surface area (TPSA) is 49.8 Å². The fourth-order valence-corrected chi connectivity index (χ4v) is 3.15. The summed E-state index contributed by atoms with van der Waals surface area (Å²) in [7, 11) is 6.36. The molecule has 0 saturated heterocycles. The fraction of sp³-hybridized carbons (Fsp3) is 0.250. The lowest BCUT2D eigenvalue weighted by molar-refractivity contribution is -0.183. The molecule has 5 nitrogen and oxygen atoms in total. The molecule has 0 atom stereocenters. The van der Waals surface area contributed by atoms with Crippen molar-refractivity contribution in [2.75, 3.05) is 28.4 Å². The molecule has 3 rings (SSSR count). The molecule has 0 aliphatic rings. The van der Waals surface area contributed by atoms with Crippen molar-refractivity contribution in [3.8, 4) is 11.6 Å². The molecule has 0 fully saturated rings. The van der Waals surface area contributed by atoms with Crippen LogP contribution in [0, 0.1) is 0 Å². The minimum atomic E-state index is -1.16. The Kier molecular flexibility index (Phi) is 4.88. The molecule has 25 heavy (non-hydrogen) atoms. The first kappa shape index (κ1) is 17.2. The van der Waals surface area contributed by atoms with Crippen molar-refractivity contribution >= 4 is 10.9 Å². The van der Waals surface area contributed by atoms with Gasteiger partial charge < -0.3 is 18.9 Å². The van der Waals surface area contributed by atoms with E-state index < -0.39 is 5.79 Å². The van der Waals surface area contributed by atoms with Gasteiger partial charge >= 0.3 is 0 Å². The summed E-state index contributed by atoms with van der Waals surface area (Å²) in [5, 5.41) is 0.868. The van der Waals surface area contributed by atoms with Crippen LogP contribution in [0.2, 0.25) is 0 Å². The molecule has 0 bridgehead atoms. The number of aromatic nitrogens is 1. The highest BCUT2D eigenvalue weighted by Crippen LogP contribution is 2.46. The van der Waals surface area contributed by atoms with Crippen molar-refractivity contribution < 1.29 is 18.9 Å². The smallest absolute Gasteiger partial charge is 0.257 e. The van der Waals surface area contributed by atoms with Gasteiger partial charge in [0.25, 0.3) is 5.88 Å². The Morgan fingerprint density at radius 3 is 2.00 bits per heavy atom. The van der Waals surface area contributed by atoms with Gasteiger partial charge in [-0.2, -0.15) is 0 Å². The second-order valence-electron chi connectivity index (χ2n) is 5.44. The lowest BCUT2D eigenvalue weighted by atomic mass is 9.93. The molecule has 0 aliphatic heterocycles. The number of hydrogen-bond acceptors (Lipinski definition) is 5. The molecule has 5 heteroatoms. The first-order valence-electron chi connectivity index (χ1n) is 7.88. The van der Waals surface area contributed by atoms with Crippen LogP contribution < -0.4 is 9.47 Å². The number of pyridine rings is 1. The maximum atomic E-state index is 5.92. The van der Waals surface area contributed by atoms with E-state index >= 15 is 0 Å². The second-order valence-corrected chi connectivity index (χ2v) is 5.44. The van der Waals surface area contributed by atoms with E-state index in [0.717, 1.165) is 16.5 Å². The summed E-state index contributed by atoms with van der Waals surface area (Å²) in [5.74, 6) is -0.304. The summed E-state index contributed by atoms with van der Waals surface area (Å²) in [4.78, 5) is 4.54. The Morgan fingerprint density at radius 1 is 0.760 bits per heavy atom. The molecule has 0 spiro atoms. The Bertz CT molecular complexity index is 860. The van der Waals surface area contributed by atoms with Crippen LogP contribution in [0.5, 0.6) is 11.6 Å². The number of rotatable bonds is 6. The average molecular weight is 339 g/mol. The van der Waals surface area contributed by atoms with E-state index in [1.807, 2.05) is 54.6 Å². The number of hydrogen-bond donors (Lipinski definition) is 0. The quantitative estimate of drug-likeness (QED) is 0.640. The zero-order valence-electron chi connectivity index (χ0n) is 14.8. The molecule has 1 aromatic heterocycles. The van der Waals surface area contributed by atoms with Gasteiger partial charge in [0, 0.05) is 25.2 Å². The molecule has 130 valence electrons. The highest BCUT2D eigenvalue weighted by Gasteiger charge is 2.40. The molecule has 0 N–H and O–H groups in total. The largest absolute Gasteiger partial charge is 0.491 e. The molecular weight excluding hydrogens is 318 g/mol. The average Bonchev–Trinajstić information content (AvgIpc) is 2.69. The highest BCUT2D eigenvalue weighted by molar-refractivity contribution is 5.87. The lowest BCUT2D eigenvalue weighted by Crippen LogP contribution is -2.33. The van der Waals surface area contributed by atoms with Crippen LogP contribution in [0.4, 0.5) is 0 Å². The Morgan fingerprint density at radius 2 is 1.40 bits per heavy atom. The number of fused-ring (bicyclic) bond motifs is 1. The number of benzene rings is 2. The normalized spacial score (nSPS) is 11.5. The summed E-state index contributed by atoms with van der Waals surface area (Å²) >= 11 is 0. The Labute approximate surface area is 147 Å². The van der Waals surface area contributed by atoms with Crippen LogP contribution in [0.15, 0.2) is 54.6 Å². The number of para-hydroxylation sites is 1. The number of nitrogens with zero attached hydrogens (tertiary/aromatic N) is 1. The summed E-state index contributed by atoms with van der Waals surface area (Å²) in [6.07, 6.45) is 0. The van der Waals surface area contributed by atoms with E-state index in [4.69, 9.17) is 18.9 Å². The van der Waals surface area contributed by atoms with Gasteiger partial charge in [0.1, 0.15) is 0 Å². The second kappa shape index (κ2) is 7.09. The van der Waals surface area contributed by atoms with Gasteiger partial charge in [-0.3, -0.25) is 0 Å². The summed E-state index contributed by atoms with van der Waals surface area (Å²) in [6.45, 7) is 0. The van der Waals surface area contributed by atoms with Crippen LogP contribution in [0.3, 0.4) is 0 Å². The van der Waals surface area contributed by atoms with Crippen molar-refractivity contribution in [3.05, 3.63) is 65.7 Å². The Hall–Kier alpha value is -2.63. The number of methoxy groups -OCH3 is 4. The van der Waals surface area contributed by atoms with Crippen molar-refractivity contribution in [2.45, 2.75) is 5.79 Å². The van der Waals surface area contributed by atoms with E-state index in [2.05, 4.69) is 4.98 Å². The summed E-state index contributed by atoms with van der Waals surface area (Å²) in [5.41, 5.74) is 2.33. The minimum absolute atomic E-state index is 0.380. The van der Waals surface area contributed by atoms with E-state index in [-0.39, 0.29) is 0 Å². The Balaban J connectivity index is 2.46. The molecule has 0 radical (unpaired) electrons. The van der Waals surface area contributed by atoms with Crippen LogP contribution in [0.1, 0.15) is 11.1 Å². The van der Waals surface area contributed by atoms with Crippen molar-refractivity contribution in [2.24, 2.45) is 0 Å². The molecule has 0 unspecified atom stereocenters. The third-order valence-corrected chi connectivity index (χ3v) is 4.27. The van der Waals surface area contributed by atoms with E-state index in [9.17, 15) is 0 Å². The molecule has 0 aliphatic carbocycles. The standard InChI is InChI=1S/C20H21NO4/c1-22-18-17(15-12-8-9-13-16(15)21-19(18)23-2)20(24-3,25-4)14-10-6-5-7-11-14/h5-13H,1-4H3. The lowest BCUT2D eigenvalue weighted by Gasteiger charge is -2.34. The molecule has 0 saturated carbocycles. The molecule has 2 aromatic carbocycles. The third-order valence-electron chi connectivity index (χ3n) is 4.27. The van der Waals surface area contributed by atoms with Crippen molar-refractivity contribution in [1.82, 2.24) is 4.98 Å². The van der Waals surface area contributed by atoms with Crippen LogP contribution in [-0.2, 0) is 15.3 Å². The van der Waals surface area contributed by atoms with Gasteiger partial charge in [-0.25, -0.2) is 4.98 Å². The van der Waals surface area contributed by atoms with Gasteiger partial charge in [-0.1, -0.05) is 48.5 Å². The van der Waals surface area contributed by atoms with Gasteiger partial charge in [-0.15, -0.1) is 0 Å². The zero-order valence-corrected chi connectivity index (χ0v) is 14.8. The summed E-state index contributed by atoms with van der Waals surface area (Å²) < 4.78 is 23.0. The highest BCUT2D eigenvalue weighted by atomic mass is 16.7. The predicted molar refractivity (Wildman–Crippen MR) is 96.1 cm³/mol. The van der Waals surface area contributed by atoms with Gasteiger partial charge in [0.2, 0.25) is 5.79 Å². The van der Waals surface area contributed by atoms with Crippen molar-refractivity contribution in [3.63, 3.8) is 0 Å². The SMILES string of the molecule is COc1nc2ccccc2c(C(OC)(OC)c2ccccc2)c1OC. The maximum Gasteiger partial charge on any atom is 0.257 e. The molecular formula is C20H21NO4. The van der Waals surface area contributed by atoms with E-state index in [1.165, 1.54) is 0 Å². The monoisotopic (exact) mass is 339 g/mol. The summed E-state index contributed by atoms with van der Waals surface area (Å²) in [6, 6.07) is 17.5. The third kappa shape index (κ3) is 2.71. The first-order chi connectivity index (χ1) is 12.2. The van der Waals surface area contributed by atoms with Gasteiger partial charge in [-0.05, 0) is 6.07 Å². The minimum Gasteiger partial charge on any atom is -0.491 e. The fourth-order valence-electron chi connectivity index (χ4n) is 3.15. The molecule has 3 aromatic rings. The van der Waals surface area contributed by atoms with Gasteiger partial charge in [0.15, 0.2) is 5.75 Å². The molecule has 0 amide bonds.